The molecule has 2 atom stereocenters. The fourth-order valence-corrected chi connectivity index (χ4v) is 3.67. The summed E-state index contributed by atoms with van der Waals surface area (Å²) in [5.74, 6) is 5.61. The number of anilines is 1. The van der Waals surface area contributed by atoms with Gasteiger partial charge >= 0.3 is 0 Å². The van der Waals surface area contributed by atoms with Crippen molar-refractivity contribution < 1.29 is 19.7 Å². The van der Waals surface area contributed by atoms with Gasteiger partial charge in [-0.1, -0.05) is 24.0 Å². The zero-order valence-corrected chi connectivity index (χ0v) is 17.3. The highest BCUT2D eigenvalue weighted by Crippen LogP contribution is 2.26. The van der Waals surface area contributed by atoms with Gasteiger partial charge in [-0.2, -0.15) is 0 Å². The monoisotopic (exact) mass is 423 g/mol. The minimum atomic E-state index is -1.65. The van der Waals surface area contributed by atoms with Gasteiger partial charge in [-0.25, -0.2) is 9.97 Å². The summed E-state index contributed by atoms with van der Waals surface area (Å²) in [6.07, 6.45) is 0.689. The molecule has 3 heterocycles. The maximum Gasteiger partial charge on any atom is 0.267 e. The van der Waals surface area contributed by atoms with E-state index >= 15 is 0 Å². The summed E-state index contributed by atoms with van der Waals surface area (Å²) < 4.78 is 5.38. The van der Waals surface area contributed by atoms with Crippen molar-refractivity contribution in [3.8, 4) is 23.2 Å². The number of benzene rings is 1. The molecule has 2 aliphatic heterocycles. The van der Waals surface area contributed by atoms with Crippen molar-refractivity contribution in [1.82, 2.24) is 14.9 Å². The Morgan fingerprint density at radius 3 is 2.74 bits per heavy atom. The first kappa shape index (κ1) is 21.2. The molecule has 0 saturated carbocycles. The van der Waals surface area contributed by atoms with Gasteiger partial charge in [0.25, 0.3) is 5.91 Å². The van der Waals surface area contributed by atoms with Crippen LogP contribution in [0, 0.1) is 11.8 Å². The molecule has 2 saturated heterocycles. The molecule has 9 nitrogen and oxygen atoms in total. The molecule has 1 aromatic carbocycles. The van der Waals surface area contributed by atoms with E-state index in [1.165, 1.54) is 4.90 Å². The molecule has 2 aromatic rings. The molecule has 2 fully saturated rings. The SMILES string of the molecule is CN1CC[C@@](O)(C#Cc2cccc(-c3ncc(N4CCOCC4)c(C(N)O)n3)c2)C1=O. The lowest BCUT2D eigenvalue weighted by Crippen LogP contribution is -2.37. The number of likely N-dealkylation sites (N-methyl/N-ethyl adjacent to an activating group) is 1. The van der Waals surface area contributed by atoms with Crippen molar-refractivity contribution in [3.63, 3.8) is 0 Å². The maximum atomic E-state index is 12.1. The van der Waals surface area contributed by atoms with Crippen molar-refractivity contribution in [2.75, 3.05) is 44.8 Å². The second kappa shape index (κ2) is 8.61. The van der Waals surface area contributed by atoms with Gasteiger partial charge in [-0.3, -0.25) is 4.79 Å². The zero-order chi connectivity index (χ0) is 22.0. The normalized spacial score (nSPS) is 22.3. The quantitative estimate of drug-likeness (QED) is 0.461. The van der Waals surface area contributed by atoms with Crippen molar-refractivity contribution in [2.45, 2.75) is 18.2 Å². The van der Waals surface area contributed by atoms with Crippen molar-refractivity contribution >= 4 is 11.6 Å². The molecular formula is C22H25N5O4. The van der Waals surface area contributed by atoms with Gasteiger partial charge in [-0.15, -0.1) is 0 Å². The number of likely N-dealkylation sites (tertiary alicyclic amines) is 1. The number of nitrogens with zero attached hydrogens (tertiary/aromatic N) is 4. The maximum absolute atomic E-state index is 12.1. The van der Waals surface area contributed by atoms with E-state index in [0.717, 1.165) is 0 Å². The molecule has 31 heavy (non-hydrogen) atoms. The second-order valence-corrected chi connectivity index (χ2v) is 7.68. The summed E-state index contributed by atoms with van der Waals surface area (Å²) in [4.78, 5) is 24.6. The van der Waals surface area contributed by atoms with E-state index in [2.05, 4.69) is 21.8 Å². The van der Waals surface area contributed by atoms with Gasteiger partial charge in [0.05, 0.1) is 25.1 Å². The smallest absolute Gasteiger partial charge is 0.267 e. The minimum absolute atomic E-state index is 0.277. The minimum Gasteiger partial charge on any atom is -0.378 e. The number of nitrogens with two attached hydrogens (primary N) is 1. The number of aliphatic hydroxyl groups is 2. The number of hydrogen-bond acceptors (Lipinski definition) is 8. The van der Waals surface area contributed by atoms with E-state index < -0.39 is 11.8 Å². The van der Waals surface area contributed by atoms with E-state index in [-0.39, 0.29) is 12.3 Å². The second-order valence-electron chi connectivity index (χ2n) is 7.68. The molecule has 4 rings (SSSR count). The highest BCUT2D eigenvalue weighted by atomic mass is 16.5. The Morgan fingerprint density at radius 1 is 1.29 bits per heavy atom. The lowest BCUT2D eigenvalue weighted by atomic mass is 10.0. The topological polar surface area (TPSA) is 125 Å². The van der Waals surface area contributed by atoms with E-state index in [9.17, 15) is 15.0 Å². The van der Waals surface area contributed by atoms with Crippen LogP contribution in [0.3, 0.4) is 0 Å². The van der Waals surface area contributed by atoms with Crippen LogP contribution < -0.4 is 10.6 Å². The summed E-state index contributed by atoms with van der Waals surface area (Å²) in [7, 11) is 1.64. The average molecular weight is 423 g/mol. The molecule has 2 aliphatic rings. The predicted molar refractivity (Wildman–Crippen MR) is 114 cm³/mol. The van der Waals surface area contributed by atoms with Crippen molar-refractivity contribution in [2.24, 2.45) is 5.73 Å². The fourth-order valence-electron chi connectivity index (χ4n) is 3.67. The standard InChI is InChI=1S/C22H25N5O4/c1-26-8-7-22(30,21(26)29)6-5-15-3-2-4-16(13-15)20-24-14-17(18(25-20)19(23)28)27-9-11-31-12-10-27/h2-4,13-14,19,28,30H,7-12,23H2,1H3/t19?,22-/m0/s1. The molecule has 1 aromatic heterocycles. The molecule has 9 heteroatoms. The number of rotatable bonds is 3. The van der Waals surface area contributed by atoms with Crippen LogP contribution in [0.15, 0.2) is 30.5 Å². The van der Waals surface area contributed by atoms with Crippen LogP contribution >= 0.6 is 0 Å². The first-order valence-electron chi connectivity index (χ1n) is 10.1. The van der Waals surface area contributed by atoms with Crippen LogP contribution in [0.5, 0.6) is 0 Å². The number of ether oxygens (including phenoxy) is 1. The number of aliphatic hydroxyl groups excluding tert-OH is 1. The first-order chi connectivity index (χ1) is 14.9. The first-order valence-corrected chi connectivity index (χ1v) is 10.1. The molecule has 4 N–H and O–H groups in total. The highest BCUT2D eigenvalue weighted by Gasteiger charge is 2.42. The third-order valence-electron chi connectivity index (χ3n) is 5.47. The van der Waals surface area contributed by atoms with Crippen molar-refractivity contribution in [3.05, 3.63) is 41.7 Å². The average Bonchev–Trinajstić information content (AvgIpc) is 3.06. The molecule has 0 aliphatic carbocycles. The zero-order valence-electron chi connectivity index (χ0n) is 17.3. The summed E-state index contributed by atoms with van der Waals surface area (Å²) in [5.41, 5.74) is 6.45. The number of carbonyl (C=O) groups is 1. The van der Waals surface area contributed by atoms with Gasteiger partial charge in [0.15, 0.2) is 5.82 Å². The van der Waals surface area contributed by atoms with Crippen LogP contribution in [-0.4, -0.2) is 76.5 Å². The van der Waals surface area contributed by atoms with Crippen LogP contribution in [0.2, 0.25) is 0 Å². The largest absolute Gasteiger partial charge is 0.378 e. The number of aromatic nitrogens is 2. The lowest BCUT2D eigenvalue weighted by Gasteiger charge is -2.30. The van der Waals surface area contributed by atoms with Gasteiger partial charge in [0, 0.05) is 44.2 Å². The Balaban J connectivity index is 1.63. The Hall–Kier alpha value is -3.03. The predicted octanol–water partition coefficient (Wildman–Crippen LogP) is -0.125. The molecule has 0 radical (unpaired) electrons. The molecule has 0 bridgehead atoms. The third kappa shape index (κ3) is 4.38. The Kier molecular flexibility index (Phi) is 5.89. The molecule has 1 amide bonds. The van der Waals surface area contributed by atoms with Crippen molar-refractivity contribution in [1.29, 1.82) is 0 Å². The summed E-state index contributed by atoms with van der Waals surface area (Å²) >= 11 is 0. The third-order valence-corrected chi connectivity index (χ3v) is 5.47. The lowest BCUT2D eigenvalue weighted by molar-refractivity contribution is -0.137. The van der Waals surface area contributed by atoms with E-state index in [0.29, 0.717) is 61.2 Å². The number of morpholine rings is 1. The highest BCUT2D eigenvalue weighted by molar-refractivity contribution is 5.90. The summed E-state index contributed by atoms with van der Waals surface area (Å²) in [6.45, 7) is 2.99. The molecule has 162 valence electrons. The fraction of sp³-hybridized carbons (Fsp3) is 0.409. The molecule has 0 spiro atoms. The Labute approximate surface area is 180 Å². The molecule has 1 unspecified atom stereocenters. The van der Waals surface area contributed by atoms with Crippen LogP contribution in [0.4, 0.5) is 5.69 Å². The number of carbonyl (C=O) groups excluding carboxylic acids is 1. The van der Waals surface area contributed by atoms with Gasteiger partial charge in [-0.05, 0) is 12.1 Å². The Bertz CT molecular complexity index is 1040. The van der Waals surface area contributed by atoms with Gasteiger partial charge in [0.1, 0.15) is 11.9 Å². The van der Waals surface area contributed by atoms with E-state index in [1.807, 2.05) is 11.0 Å². The van der Waals surface area contributed by atoms with E-state index in [1.54, 1.807) is 31.4 Å². The van der Waals surface area contributed by atoms with Crippen LogP contribution in [0.1, 0.15) is 23.9 Å². The number of hydrogen-bond donors (Lipinski definition) is 3. The summed E-state index contributed by atoms with van der Waals surface area (Å²) in [6, 6.07) is 7.17. The summed E-state index contributed by atoms with van der Waals surface area (Å²) in [5, 5.41) is 20.6. The van der Waals surface area contributed by atoms with Crippen LogP contribution in [0.25, 0.3) is 11.4 Å². The Morgan fingerprint density at radius 2 is 2.06 bits per heavy atom. The van der Waals surface area contributed by atoms with Gasteiger partial charge in [0.2, 0.25) is 5.60 Å². The number of amides is 1. The van der Waals surface area contributed by atoms with E-state index in [4.69, 9.17) is 10.5 Å². The molecular weight excluding hydrogens is 398 g/mol. The van der Waals surface area contributed by atoms with Gasteiger partial charge < -0.3 is 30.5 Å². The van der Waals surface area contributed by atoms with Crippen LogP contribution in [-0.2, 0) is 9.53 Å².